The Labute approximate surface area is 227 Å². The first-order valence-corrected chi connectivity index (χ1v) is 13.6. The molecule has 3 fully saturated rings. The lowest BCUT2D eigenvalue weighted by Crippen LogP contribution is -2.54. The van der Waals surface area contributed by atoms with Crippen LogP contribution in [0.25, 0.3) is 0 Å². The minimum Gasteiger partial charge on any atom is -0.394 e. The smallest absolute Gasteiger partial charge is 0.250 e. The third-order valence-electron chi connectivity index (χ3n) is 8.46. The minimum absolute atomic E-state index is 0.238. The highest BCUT2D eigenvalue weighted by Gasteiger charge is 2.78. The molecule has 3 amide bonds. The molecule has 0 aliphatic carbocycles. The lowest BCUT2D eigenvalue weighted by Gasteiger charge is -2.37. The molecule has 9 heteroatoms. The standard InChI is InChI=1S/C29H34ClN3O5/c1-4-15-31-25(35)21-22-27(37)33(20(16-34)18-10-6-5-7-11-18)24(29(22)14-13-28(21,3)38-29)26(36)32-23-17(2)9-8-12-19(23)30/h5-12,20-22,24,34H,4,13-16H2,1-3H3,(H,31,35)(H,32,36)/t20-,21-,22+,24?,28+,29?/m1/s1. The van der Waals surface area contributed by atoms with Gasteiger partial charge < -0.3 is 25.4 Å². The number of para-hydroxylation sites is 1. The van der Waals surface area contributed by atoms with Crippen LogP contribution in [-0.4, -0.2) is 58.1 Å². The summed E-state index contributed by atoms with van der Waals surface area (Å²) in [6.45, 7) is 5.76. The van der Waals surface area contributed by atoms with E-state index in [-0.39, 0.29) is 11.8 Å². The molecule has 3 N–H and O–H groups in total. The summed E-state index contributed by atoms with van der Waals surface area (Å²) in [5.74, 6) is -2.64. The number of hydrogen-bond acceptors (Lipinski definition) is 5. The molecule has 202 valence electrons. The first-order chi connectivity index (χ1) is 18.2. The van der Waals surface area contributed by atoms with E-state index in [0.717, 1.165) is 12.0 Å². The molecular formula is C29H34ClN3O5. The van der Waals surface area contributed by atoms with Gasteiger partial charge in [0.25, 0.3) is 0 Å². The van der Waals surface area contributed by atoms with E-state index in [4.69, 9.17) is 16.3 Å². The number of aliphatic hydroxyl groups excluding tert-OH is 1. The number of halogens is 1. The normalized spacial score (nSPS) is 30.3. The molecule has 3 aliphatic rings. The van der Waals surface area contributed by atoms with Gasteiger partial charge in [-0.1, -0.05) is 61.0 Å². The summed E-state index contributed by atoms with van der Waals surface area (Å²) in [7, 11) is 0. The van der Waals surface area contributed by atoms with Crippen LogP contribution in [0.3, 0.4) is 0 Å². The number of nitrogens with zero attached hydrogens (tertiary/aromatic N) is 1. The highest BCUT2D eigenvalue weighted by Crippen LogP contribution is 2.64. The number of ether oxygens (including phenoxy) is 1. The predicted molar refractivity (Wildman–Crippen MR) is 143 cm³/mol. The van der Waals surface area contributed by atoms with Crippen LogP contribution in [-0.2, 0) is 19.1 Å². The van der Waals surface area contributed by atoms with Crippen molar-refractivity contribution in [2.24, 2.45) is 11.8 Å². The molecule has 0 radical (unpaired) electrons. The number of likely N-dealkylation sites (tertiary alicyclic amines) is 1. The topological polar surface area (TPSA) is 108 Å². The molecule has 2 aromatic rings. The van der Waals surface area contributed by atoms with Gasteiger partial charge in [-0.2, -0.15) is 0 Å². The predicted octanol–water partition coefficient (Wildman–Crippen LogP) is 3.61. The molecule has 2 aromatic carbocycles. The molecule has 3 heterocycles. The van der Waals surface area contributed by atoms with Crippen molar-refractivity contribution in [2.75, 3.05) is 18.5 Å². The first kappa shape index (κ1) is 26.7. The SMILES string of the molecule is CCCNC(=O)[C@H]1[C@H]2C(=O)N([C@H](CO)c3ccccc3)C(C(=O)Nc3c(C)cccc3Cl)C23CC[C@]1(C)O3. The first-order valence-electron chi connectivity index (χ1n) is 13.2. The summed E-state index contributed by atoms with van der Waals surface area (Å²) in [5, 5.41) is 16.8. The Hall–Kier alpha value is -2.94. The van der Waals surface area contributed by atoms with Crippen LogP contribution in [0.2, 0.25) is 5.02 Å². The van der Waals surface area contributed by atoms with E-state index in [1.807, 2.05) is 57.2 Å². The van der Waals surface area contributed by atoms with Gasteiger partial charge in [-0.3, -0.25) is 14.4 Å². The molecule has 6 atom stereocenters. The zero-order valence-electron chi connectivity index (χ0n) is 21.9. The van der Waals surface area contributed by atoms with Crippen molar-refractivity contribution in [3.63, 3.8) is 0 Å². The Morgan fingerprint density at radius 2 is 1.89 bits per heavy atom. The van der Waals surface area contributed by atoms with Crippen LogP contribution < -0.4 is 10.6 Å². The molecule has 2 unspecified atom stereocenters. The maximum atomic E-state index is 14.3. The summed E-state index contributed by atoms with van der Waals surface area (Å²) in [6.07, 6.45) is 1.74. The maximum absolute atomic E-state index is 14.3. The highest BCUT2D eigenvalue weighted by atomic mass is 35.5. The fourth-order valence-corrected chi connectivity index (χ4v) is 7.04. The van der Waals surface area contributed by atoms with E-state index in [0.29, 0.717) is 35.7 Å². The zero-order chi connectivity index (χ0) is 27.2. The van der Waals surface area contributed by atoms with Gasteiger partial charge in [0.2, 0.25) is 17.7 Å². The molecule has 0 saturated carbocycles. The van der Waals surface area contributed by atoms with Gasteiger partial charge in [0, 0.05) is 6.54 Å². The molecule has 5 rings (SSSR count). The number of anilines is 1. The number of carbonyl (C=O) groups excluding carboxylic acids is 3. The summed E-state index contributed by atoms with van der Waals surface area (Å²) in [6, 6.07) is 12.6. The van der Waals surface area contributed by atoms with E-state index in [2.05, 4.69) is 10.6 Å². The number of nitrogens with one attached hydrogen (secondary N) is 2. The van der Waals surface area contributed by atoms with E-state index >= 15 is 0 Å². The second-order valence-corrected chi connectivity index (χ2v) is 11.2. The van der Waals surface area contributed by atoms with Crippen molar-refractivity contribution in [1.29, 1.82) is 0 Å². The van der Waals surface area contributed by atoms with Crippen molar-refractivity contribution in [1.82, 2.24) is 10.2 Å². The Bertz CT molecular complexity index is 1240. The fraction of sp³-hybridized carbons (Fsp3) is 0.483. The number of aryl methyl sites for hydroxylation is 1. The number of hydrogen-bond donors (Lipinski definition) is 3. The van der Waals surface area contributed by atoms with Gasteiger partial charge in [0.1, 0.15) is 11.6 Å². The van der Waals surface area contributed by atoms with Crippen LogP contribution in [0.1, 0.15) is 50.3 Å². The van der Waals surface area contributed by atoms with Crippen LogP contribution in [0.5, 0.6) is 0 Å². The van der Waals surface area contributed by atoms with Gasteiger partial charge >= 0.3 is 0 Å². The number of amides is 3. The van der Waals surface area contributed by atoms with Crippen molar-refractivity contribution >= 4 is 35.0 Å². The van der Waals surface area contributed by atoms with Crippen LogP contribution in [0.15, 0.2) is 48.5 Å². The molecule has 3 saturated heterocycles. The Morgan fingerprint density at radius 3 is 2.55 bits per heavy atom. The zero-order valence-corrected chi connectivity index (χ0v) is 22.6. The van der Waals surface area contributed by atoms with Crippen molar-refractivity contribution < 1.29 is 24.2 Å². The largest absolute Gasteiger partial charge is 0.394 e. The fourth-order valence-electron chi connectivity index (χ4n) is 6.77. The molecule has 1 spiro atoms. The highest BCUT2D eigenvalue weighted by molar-refractivity contribution is 6.34. The lowest BCUT2D eigenvalue weighted by atomic mass is 9.66. The van der Waals surface area contributed by atoms with Crippen molar-refractivity contribution in [3.8, 4) is 0 Å². The monoisotopic (exact) mass is 539 g/mol. The number of carbonyl (C=O) groups is 3. The average molecular weight is 540 g/mol. The van der Waals surface area contributed by atoms with E-state index in [9.17, 15) is 19.5 Å². The van der Waals surface area contributed by atoms with Gasteiger partial charge in [-0.15, -0.1) is 0 Å². The molecule has 2 bridgehead atoms. The van der Waals surface area contributed by atoms with Crippen molar-refractivity contribution in [2.45, 2.75) is 63.3 Å². The average Bonchev–Trinajstić information content (AvgIpc) is 3.47. The third kappa shape index (κ3) is 4.01. The molecule has 3 aliphatic heterocycles. The van der Waals surface area contributed by atoms with E-state index in [1.165, 1.54) is 4.90 Å². The summed E-state index contributed by atoms with van der Waals surface area (Å²) in [4.78, 5) is 43.4. The van der Waals surface area contributed by atoms with Crippen LogP contribution in [0.4, 0.5) is 5.69 Å². The maximum Gasteiger partial charge on any atom is 0.250 e. The summed E-state index contributed by atoms with van der Waals surface area (Å²) in [5.41, 5.74) is -0.147. The number of rotatable bonds is 8. The molecule has 0 aromatic heterocycles. The molecular weight excluding hydrogens is 506 g/mol. The van der Waals surface area contributed by atoms with Crippen LogP contribution in [0, 0.1) is 18.8 Å². The van der Waals surface area contributed by atoms with E-state index < -0.39 is 47.6 Å². The lowest BCUT2D eigenvalue weighted by molar-refractivity contribution is -0.148. The van der Waals surface area contributed by atoms with Gasteiger partial charge in [-0.25, -0.2) is 0 Å². The second-order valence-electron chi connectivity index (χ2n) is 10.8. The Balaban J connectivity index is 1.61. The minimum atomic E-state index is -1.21. The molecule has 38 heavy (non-hydrogen) atoms. The Morgan fingerprint density at radius 1 is 1.16 bits per heavy atom. The third-order valence-corrected chi connectivity index (χ3v) is 8.77. The summed E-state index contributed by atoms with van der Waals surface area (Å²) >= 11 is 6.44. The quantitative estimate of drug-likeness (QED) is 0.475. The Kier molecular flexibility index (Phi) is 7.00. The second kappa shape index (κ2) is 9.98. The van der Waals surface area contributed by atoms with Gasteiger partial charge in [0.05, 0.1) is 40.8 Å². The summed E-state index contributed by atoms with van der Waals surface area (Å²) < 4.78 is 6.65. The van der Waals surface area contributed by atoms with E-state index in [1.54, 1.807) is 12.1 Å². The van der Waals surface area contributed by atoms with Crippen LogP contribution >= 0.6 is 11.6 Å². The number of benzene rings is 2. The molecule has 8 nitrogen and oxygen atoms in total. The van der Waals surface area contributed by atoms with Crippen molar-refractivity contribution in [3.05, 3.63) is 64.7 Å². The number of aliphatic hydroxyl groups is 1. The number of fused-ring (bicyclic) bond motifs is 1. The van der Waals surface area contributed by atoms with Gasteiger partial charge in [-0.05, 0) is 50.3 Å². The van der Waals surface area contributed by atoms with Gasteiger partial charge in [0.15, 0.2) is 0 Å².